The van der Waals surface area contributed by atoms with Gasteiger partial charge in [0.2, 0.25) is 10.0 Å². The lowest BCUT2D eigenvalue weighted by Gasteiger charge is -2.20. The van der Waals surface area contributed by atoms with Gasteiger partial charge in [-0.05, 0) is 13.8 Å². The van der Waals surface area contributed by atoms with E-state index in [1.165, 1.54) is 0 Å². The fourth-order valence-corrected chi connectivity index (χ4v) is 3.17. The molecule has 0 amide bonds. The molecule has 0 saturated carbocycles. The molecule has 1 N–H and O–H groups in total. The fourth-order valence-electron chi connectivity index (χ4n) is 0.454. The Morgan fingerprint density at radius 3 is 1.53 bits per heavy atom. The highest BCUT2D eigenvalue weighted by atomic mass is 32.3. The van der Waals surface area contributed by atoms with Crippen molar-refractivity contribution in [3.05, 3.63) is 0 Å². The van der Waals surface area contributed by atoms with Gasteiger partial charge < -0.3 is 0 Å². The van der Waals surface area contributed by atoms with Crippen molar-refractivity contribution in [2.45, 2.75) is 30.5 Å². The molecule has 0 unspecified atom stereocenters. The van der Waals surface area contributed by atoms with E-state index < -0.39 is 36.7 Å². The van der Waals surface area contributed by atoms with Gasteiger partial charge in [0.15, 0.2) is 0 Å². The molecule has 0 aromatic rings. The van der Waals surface area contributed by atoms with Crippen molar-refractivity contribution in [2.75, 3.05) is 0 Å². The largest absolute Gasteiger partial charge is 0.471 e. The van der Waals surface area contributed by atoms with Crippen LogP contribution < -0.4 is 4.13 Å². The third-order valence-corrected chi connectivity index (χ3v) is 5.47. The third-order valence-electron chi connectivity index (χ3n) is 1.51. The van der Waals surface area contributed by atoms with Crippen molar-refractivity contribution < 1.29 is 38.8 Å². The van der Waals surface area contributed by atoms with E-state index in [1.54, 1.807) is 0 Å². The fraction of sp³-hybridized carbons (Fsp3) is 1.00. The molecule has 104 valence electrons. The van der Waals surface area contributed by atoms with E-state index in [2.05, 4.69) is 0 Å². The summed E-state index contributed by atoms with van der Waals surface area (Å²) in [6, 6.07) is 0. The molecule has 12 heteroatoms. The molecule has 0 heterocycles. The summed E-state index contributed by atoms with van der Waals surface area (Å²) in [4.78, 5) is 0. The second-order valence-electron chi connectivity index (χ2n) is 3.20. The van der Waals surface area contributed by atoms with E-state index in [9.17, 15) is 38.8 Å². The van der Waals surface area contributed by atoms with Crippen LogP contribution in [0.4, 0.5) is 22.0 Å². The number of sulfonamides is 2. The van der Waals surface area contributed by atoms with Gasteiger partial charge in [0.1, 0.15) is 0 Å². The Morgan fingerprint density at radius 2 is 1.29 bits per heavy atom. The van der Waals surface area contributed by atoms with E-state index in [-0.39, 0.29) is 0 Å². The van der Waals surface area contributed by atoms with Crippen LogP contribution >= 0.6 is 0 Å². The SMILES string of the molecule is CC(C)S(=O)(=O)NS(=O)(=O)C(F)(F)C(F)(F)F. The number of halogens is 5. The Balaban J connectivity index is 5.50. The maximum atomic E-state index is 12.5. The summed E-state index contributed by atoms with van der Waals surface area (Å²) in [5.41, 5.74) is 0. The first-order valence-electron chi connectivity index (χ1n) is 3.86. The Hall–Kier alpha value is -0.490. The van der Waals surface area contributed by atoms with Gasteiger partial charge >= 0.3 is 11.4 Å². The van der Waals surface area contributed by atoms with Crippen molar-refractivity contribution in [3.8, 4) is 0 Å². The zero-order chi connectivity index (χ0) is 14.3. The van der Waals surface area contributed by atoms with E-state index in [1.807, 2.05) is 0 Å². The molecule has 0 saturated heterocycles. The van der Waals surface area contributed by atoms with Crippen LogP contribution in [0.15, 0.2) is 0 Å². The Kier molecular flexibility index (Phi) is 4.19. The molecule has 0 bridgehead atoms. The van der Waals surface area contributed by atoms with Crippen LogP contribution in [0.3, 0.4) is 0 Å². The highest BCUT2D eigenvalue weighted by Gasteiger charge is 2.68. The van der Waals surface area contributed by atoms with Crippen LogP contribution in [0.5, 0.6) is 0 Å². The average molecular weight is 305 g/mol. The number of alkyl halides is 5. The first-order chi connectivity index (χ1) is 7.15. The van der Waals surface area contributed by atoms with E-state index in [4.69, 9.17) is 0 Å². The van der Waals surface area contributed by atoms with Gasteiger partial charge in [-0.15, -0.1) is 4.13 Å². The van der Waals surface area contributed by atoms with Gasteiger partial charge in [-0.3, -0.25) is 0 Å². The molecule has 0 spiro atoms. The topological polar surface area (TPSA) is 80.3 Å². The molecule has 17 heavy (non-hydrogen) atoms. The highest BCUT2D eigenvalue weighted by Crippen LogP contribution is 2.39. The monoisotopic (exact) mass is 305 g/mol. The van der Waals surface area contributed by atoms with Gasteiger partial charge in [-0.2, -0.15) is 22.0 Å². The summed E-state index contributed by atoms with van der Waals surface area (Å²) >= 11 is 0. The van der Waals surface area contributed by atoms with Gasteiger partial charge in [-0.25, -0.2) is 16.8 Å². The van der Waals surface area contributed by atoms with Crippen LogP contribution in [0.25, 0.3) is 0 Å². The first-order valence-corrected chi connectivity index (χ1v) is 6.89. The van der Waals surface area contributed by atoms with Gasteiger partial charge in [-0.1, -0.05) is 0 Å². The maximum absolute atomic E-state index is 12.5. The summed E-state index contributed by atoms with van der Waals surface area (Å²) in [7, 11) is -11.2. The zero-order valence-electron chi connectivity index (χ0n) is 8.42. The Bertz CT molecular complexity index is 477. The molecule has 0 aromatic carbocycles. The summed E-state index contributed by atoms with van der Waals surface area (Å²) in [5.74, 6) is 0. The normalized spacial score (nSPS) is 15.3. The predicted molar refractivity (Wildman–Crippen MR) is 47.1 cm³/mol. The molecule has 5 nitrogen and oxygen atoms in total. The summed E-state index contributed by atoms with van der Waals surface area (Å²) in [6.07, 6.45) is -6.41. The smallest absolute Gasteiger partial charge is 0.211 e. The van der Waals surface area contributed by atoms with Gasteiger partial charge in [0, 0.05) is 0 Å². The van der Waals surface area contributed by atoms with Crippen molar-refractivity contribution >= 4 is 20.0 Å². The maximum Gasteiger partial charge on any atom is 0.471 e. The minimum absolute atomic E-state index is 0.353. The first kappa shape index (κ1) is 16.5. The molecule has 0 rings (SSSR count). The summed E-state index contributed by atoms with van der Waals surface area (Å²) in [6.45, 7) is 1.81. The van der Waals surface area contributed by atoms with Crippen molar-refractivity contribution in [2.24, 2.45) is 0 Å². The second kappa shape index (κ2) is 4.31. The Labute approximate surface area is 94.1 Å². The zero-order valence-corrected chi connectivity index (χ0v) is 10.0. The summed E-state index contributed by atoms with van der Waals surface area (Å²) in [5, 5.41) is -7.68. The minimum atomic E-state index is -6.42. The molecule has 0 radical (unpaired) electrons. The molecule has 0 aliphatic heterocycles. The molecule has 0 atom stereocenters. The lowest BCUT2D eigenvalue weighted by molar-refractivity contribution is -0.241. The molecular formula is C5H8F5NO4S2. The standard InChI is InChI=1S/C5H8F5NO4S2/c1-3(2)16(12,13)11-17(14,15)5(9,10)4(6,7)8/h3,11H,1-2H3. The van der Waals surface area contributed by atoms with Crippen LogP contribution in [-0.4, -0.2) is 33.5 Å². The summed E-state index contributed by atoms with van der Waals surface area (Å²) < 4.78 is 104. The van der Waals surface area contributed by atoms with Crippen LogP contribution in [0, 0.1) is 0 Å². The van der Waals surface area contributed by atoms with Crippen LogP contribution in [0.2, 0.25) is 0 Å². The minimum Gasteiger partial charge on any atom is -0.211 e. The number of rotatable bonds is 4. The van der Waals surface area contributed by atoms with E-state index in [0.29, 0.717) is 4.13 Å². The van der Waals surface area contributed by atoms with Crippen molar-refractivity contribution in [3.63, 3.8) is 0 Å². The number of hydrogen-bond donors (Lipinski definition) is 1. The lowest BCUT2D eigenvalue weighted by atomic mass is 10.6. The van der Waals surface area contributed by atoms with Gasteiger partial charge in [0.05, 0.1) is 5.25 Å². The highest BCUT2D eigenvalue weighted by molar-refractivity contribution is 8.05. The Morgan fingerprint density at radius 1 is 0.941 bits per heavy atom. The van der Waals surface area contributed by atoms with Crippen molar-refractivity contribution in [1.82, 2.24) is 4.13 Å². The van der Waals surface area contributed by atoms with Crippen molar-refractivity contribution in [1.29, 1.82) is 0 Å². The number of nitrogens with one attached hydrogen (secondary N) is 1. The molecule has 0 aliphatic rings. The third kappa shape index (κ3) is 3.25. The van der Waals surface area contributed by atoms with Gasteiger partial charge in [0.25, 0.3) is 10.0 Å². The average Bonchev–Trinajstić information content (AvgIpc) is 1.98. The second-order valence-corrected chi connectivity index (χ2v) is 7.41. The number of hydrogen-bond acceptors (Lipinski definition) is 4. The molecule has 0 fully saturated rings. The quantitative estimate of drug-likeness (QED) is 0.779. The molecule has 0 aliphatic carbocycles. The predicted octanol–water partition coefficient (Wildman–Crippen LogP) is 0.799. The molecular weight excluding hydrogens is 297 g/mol. The molecule has 0 aromatic heterocycles. The van der Waals surface area contributed by atoms with E-state index >= 15 is 0 Å². The lowest BCUT2D eigenvalue weighted by Crippen LogP contribution is -2.52. The van der Waals surface area contributed by atoms with Crippen LogP contribution in [-0.2, 0) is 20.0 Å². The van der Waals surface area contributed by atoms with E-state index in [0.717, 1.165) is 13.8 Å². The van der Waals surface area contributed by atoms with Crippen LogP contribution in [0.1, 0.15) is 13.8 Å².